The molecule has 3 unspecified atom stereocenters. The van der Waals surface area contributed by atoms with E-state index in [4.69, 9.17) is 0 Å². The number of carbonyl (C=O) groups excluding carboxylic acids is 1. The lowest BCUT2D eigenvalue weighted by Crippen LogP contribution is -2.55. The fourth-order valence-electron chi connectivity index (χ4n) is 2.27. The van der Waals surface area contributed by atoms with E-state index in [0.29, 0.717) is 5.75 Å². The Labute approximate surface area is 115 Å². The standard InChI is InChI=1S/C11H18N2O3S2/c1-2-9-13(8(6-18-9)11(15)16)10(14)7-5-17-4-3-12-7/h7-9,12H,2-6H2,1H3,(H,15,16). The third-order valence-electron chi connectivity index (χ3n) is 3.20. The van der Waals surface area contributed by atoms with E-state index in [-0.39, 0.29) is 17.3 Å². The largest absolute Gasteiger partial charge is 0.480 e. The predicted molar refractivity (Wildman–Crippen MR) is 73.9 cm³/mol. The molecule has 2 rings (SSSR count). The molecule has 0 bridgehead atoms. The molecule has 2 heterocycles. The molecule has 18 heavy (non-hydrogen) atoms. The molecular weight excluding hydrogens is 272 g/mol. The van der Waals surface area contributed by atoms with Crippen LogP contribution >= 0.6 is 23.5 Å². The summed E-state index contributed by atoms with van der Waals surface area (Å²) in [6, 6.07) is -0.889. The van der Waals surface area contributed by atoms with Crippen LogP contribution in [0.4, 0.5) is 0 Å². The van der Waals surface area contributed by atoms with Crippen LogP contribution in [0.1, 0.15) is 13.3 Å². The number of hydrogen-bond acceptors (Lipinski definition) is 5. The fraction of sp³-hybridized carbons (Fsp3) is 0.818. The Bertz CT molecular complexity index is 334. The molecule has 2 fully saturated rings. The molecule has 2 aliphatic heterocycles. The van der Waals surface area contributed by atoms with Crippen LogP contribution in [0, 0.1) is 0 Å². The van der Waals surface area contributed by atoms with Crippen molar-refractivity contribution in [3.63, 3.8) is 0 Å². The summed E-state index contributed by atoms with van der Waals surface area (Å²) < 4.78 is 0. The van der Waals surface area contributed by atoms with Gasteiger partial charge in [0.25, 0.3) is 0 Å². The number of carbonyl (C=O) groups is 2. The van der Waals surface area contributed by atoms with Crippen LogP contribution in [0.15, 0.2) is 0 Å². The second-order valence-electron chi connectivity index (χ2n) is 4.38. The molecule has 0 spiro atoms. The van der Waals surface area contributed by atoms with Gasteiger partial charge in [0.2, 0.25) is 5.91 Å². The molecule has 0 aromatic rings. The zero-order chi connectivity index (χ0) is 13.1. The molecule has 3 atom stereocenters. The number of carboxylic acids is 1. The smallest absolute Gasteiger partial charge is 0.327 e. The van der Waals surface area contributed by atoms with Gasteiger partial charge in [-0.3, -0.25) is 4.79 Å². The van der Waals surface area contributed by atoms with Crippen molar-refractivity contribution in [2.75, 3.05) is 23.8 Å². The first-order valence-electron chi connectivity index (χ1n) is 6.13. The molecule has 0 aromatic carbocycles. The Morgan fingerprint density at radius 3 is 2.78 bits per heavy atom. The molecule has 0 aromatic heterocycles. The minimum absolute atomic E-state index is 0.00678. The van der Waals surface area contributed by atoms with Crippen molar-refractivity contribution < 1.29 is 14.7 Å². The van der Waals surface area contributed by atoms with Gasteiger partial charge in [0.1, 0.15) is 6.04 Å². The highest BCUT2D eigenvalue weighted by Gasteiger charge is 2.43. The Morgan fingerprint density at radius 2 is 2.22 bits per heavy atom. The second-order valence-corrected chi connectivity index (χ2v) is 6.74. The number of carboxylic acid groups (broad SMARTS) is 1. The molecule has 2 aliphatic rings. The normalized spacial score (nSPS) is 32.5. The number of rotatable bonds is 3. The highest BCUT2D eigenvalue weighted by molar-refractivity contribution is 8.00. The van der Waals surface area contributed by atoms with Gasteiger partial charge in [-0.1, -0.05) is 6.92 Å². The van der Waals surface area contributed by atoms with Crippen LogP contribution < -0.4 is 5.32 Å². The maximum absolute atomic E-state index is 12.5. The first-order valence-corrected chi connectivity index (χ1v) is 8.33. The van der Waals surface area contributed by atoms with Crippen LogP contribution in [0.5, 0.6) is 0 Å². The van der Waals surface area contributed by atoms with Gasteiger partial charge in [-0.15, -0.1) is 11.8 Å². The van der Waals surface area contributed by atoms with Crippen molar-refractivity contribution in [2.24, 2.45) is 0 Å². The van der Waals surface area contributed by atoms with E-state index in [2.05, 4.69) is 5.32 Å². The lowest BCUT2D eigenvalue weighted by molar-refractivity contribution is -0.149. The van der Waals surface area contributed by atoms with Crippen molar-refractivity contribution in [3.05, 3.63) is 0 Å². The van der Waals surface area contributed by atoms with Crippen molar-refractivity contribution >= 4 is 35.4 Å². The summed E-state index contributed by atoms with van der Waals surface area (Å²) >= 11 is 3.31. The average Bonchev–Trinajstić information content (AvgIpc) is 2.82. The van der Waals surface area contributed by atoms with E-state index >= 15 is 0 Å². The summed E-state index contributed by atoms with van der Waals surface area (Å²) in [5.74, 6) is 1.31. The summed E-state index contributed by atoms with van der Waals surface area (Å²) in [6.45, 7) is 2.81. The summed E-state index contributed by atoms with van der Waals surface area (Å²) in [7, 11) is 0. The second kappa shape index (κ2) is 6.16. The van der Waals surface area contributed by atoms with Gasteiger partial charge in [0.05, 0.1) is 11.4 Å². The van der Waals surface area contributed by atoms with Crippen LogP contribution in [0.3, 0.4) is 0 Å². The van der Waals surface area contributed by atoms with Crippen molar-refractivity contribution in [1.29, 1.82) is 0 Å². The summed E-state index contributed by atoms with van der Waals surface area (Å²) in [5.41, 5.74) is 0. The Morgan fingerprint density at radius 1 is 1.44 bits per heavy atom. The lowest BCUT2D eigenvalue weighted by atomic mass is 10.2. The molecule has 7 heteroatoms. The van der Waals surface area contributed by atoms with Crippen molar-refractivity contribution in [2.45, 2.75) is 30.8 Å². The monoisotopic (exact) mass is 290 g/mol. The van der Waals surface area contributed by atoms with E-state index in [1.807, 2.05) is 6.92 Å². The highest BCUT2D eigenvalue weighted by atomic mass is 32.2. The number of nitrogens with zero attached hydrogens (tertiary/aromatic N) is 1. The van der Waals surface area contributed by atoms with Gasteiger partial charge in [0.15, 0.2) is 0 Å². The number of aliphatic carboxylic acids is 1. The van der Waals surface area contributed by atoms with Crippen molar-refractivity contribution in [1.82, 2.24) is 10.2 Å². The summed E-state index contributed by atoms with van der Waals surface area (Å²) in [6.07, 6.45) is 0.792. The molecule has 102 valence electrons. The molecular formula is C11H18N2O3S2. The van der Waals surface area contributed by atoms with E-state index in [1.54, 1.807) is 28.4 Å². The average molecular weight is 290 g/mol. The third-order valence-corrected chi connectivity index (χ3v) is 5.72. The van der Waals surface area contributed by atoms with Gasteiger partial charge >= 0.3 is 5.97 Å². The molecule has 5 nitrogen and oxygen atoms in total. The van der Waals surface area contributed by atoms with Crippen LogP contribution in [-0.4, -0.2) is 63.1 Å². The molecule has 1 amide bonds. The number of nitrogens with one attached hydrogen (secondary N) is 1. The predicted octanol–water partition coefficient (Wildman–Crippen LogP) is 0.456. The van der Waals surface area contributed by atoms with Crippen molar-refractivity contribution in [3.8, 4) is 0 Å². The molecule has 0 aliphatic carbocycles. The number of amides is 1. The summed E-state index contributed by atoms with van der Waals surface area (Å²) in [4.78, 5) is 25.3. The van der Waals surface area contributed by atoms with Gasteiger partial charge < -0.3 is 15.3 Å². The first-order chi connectivity index (χ1) is 8.65. The van der Waals surface area contributed by atoms with Gasteiger partial charge in [-0.25, -0.2) is 4.79 Å². The lowest BCUT2D eigenvalue weighted by Gasteiger charge is -2.32. The fourth-order valence-corrected chi connectivity index (χ4v) is 4.55. The van der Waals surface area contributed by atoms with Gasteiger partial charge in [-0.05, 0) is 6.42 Å². The van der Waals surface area contributed by atoms with E-state index < -0.39 is 12.0 Å². The molecule has 2 saturated heterocycles. The zero-order valence-electron chi connectivity index (χ0n) is 10.3. The topological polar surface area (TPSA) is 69.6 Å². The quantitative estimate of drug-likeness (QED) is 0.787. The van der Waals surface area contributed by atoms with Gasteiger partial charge in [0, 0.05) is 23.8 Å². The SMILES string of the molecule is CCC1SCC(C(=O)O)N1C(=O)C1CSCCN1. The third kappa shape index (κ3) is 2.78. The van der Waals surface area contributed by atoms with Crippen LogP contribution in [-0.2, 0) is 9.59 Å². The van der Waals surface area contributed by atoms with Gasteiger partial charge in [-0.2, -0.15) is 11.8 Å². The first kappa shape index (κ1) is 14.0. The Balaban J connectivity index is 2.10. The maximum Gasteiger partial charge on any atom is 0.327 e. The van der Waals surface area contributed by atoms with Crippen LogP contribution in [0.25, 0.3) is 0 Å². The zero-order valence-corrected chi connectivity index (χ0v) is 11.9. The Hall–Kier alpha value is -0.400. The Kier molecular flexibility index (Phi) is 4.80. The number of thioether (sulfide) groups is 2. The molecule has 2 N–H and O–H groups in total. The van der Waals surface area contributed by atoms with E-state index in [0.717, 1.165) is 24.5 Å². The van der Waals surface area contributed by atoms with Crippen LogP contribution in [0.2, 0.25) is 0 Å². The van der Waals surface area contributed by atoms with E-state index in [9.17, 15) is 14.7 Å². The maximum atomic E-state index is 12.5. The minimum atomic E-state index is -0.893. The summed E-state index contributed by atoms with van der Waals surface area (Å²) in [5, 5.41) is 12.4. The highest BCUT2D eigenvalue weighted by Crippen LogP contribution is 2.32. The molecule has 0 radical (unpaired) electrons. The molecule has 0 saturated carbocycles. The minimum Gasteiger partial charge on any atom is -0.480 e. The van der Waals surface area contributed by atoms with E-state index in [1.165, 1.54) is 0 Å². The number of hydrogen-bond donors (Lipinski definition) is 2.